The Bertz CT molecular complexity index is 563. The minimum absolute atomic E-state index is 0.127. The van der Waals surface area contributed by atoms with Gasteiger partial charge in [-0.15, -0.1) is 16.7 Å². The van der Waals surface area contributed by atoms with Crippen molar-refractivity contribution >= 4 is 11.6 Å². The van der Waals surface area contributed by atoms with Crippen LogP contribution in [0.15, 0.2) is 24.4 Å². The second-order valence-electron chi connectivity index (χ2n) is 3.77. The van der Waals surface area contributed by atoms with Crippen LogP contribution in [0.1, 0.15) is 16.8 Å². The number of hydrogen-bond donors (Lipinski definition) is 0. The van der Waals surface area contributed by atoms with Gasteiger partial charge in [0, 0.05) is 0 Å². The molecule has 0 saturated heterocycles. The summed E-state index contributed by atoms with van der Waals surface area (Å²) in [6, 6.07) is 3.99. The van der Waals surface area contributed by atoms with Gasteiger partial charge in [-0.2, -0.15) is 13.2 Å². The Hall–Kier alpha value is -1.56. The average Bonchev–Trinajstić information content (AvgIpc) is 2.76. The van der Waals surface area contributed by atoms with E-state index in [4.69, 9.17) is 11.6 Å². The van der Waals surface area contributed by atoms with Crippen LogP contribution in [-0.4, -0.2) is 15.0 Å². The molecule has 0 bridgehead atoms. The Balaban J connectivity index is 2.54. The van der Waals surface area contributed by atoms with Gasteiger partial charge in [0.2, 0.25) is 0 Å². The molecule has 1 heterocycles. The van der Waals surface area contributed by atoms with Gasteiger partial charge < -0.3 is 0 Å². The zero-order valence-corrected chi connectivity index (χ0v) is 10.1. The topological polar surface area (TPSA) is 30.7 Å². The summed E-state index contributed by atoms with van der Waals surface area (Å²) in [4.78, 5) is 0. The van der Waals surface area contributed by atoms with Crippen LogP contribution >= 0.6 is 11.6 Å². The summed E-state index contributed by atoms with van der Waals surface area (Å²) in [6.07, 6.45) is -2.97. The molecule has 2 aromatic rings. The van der Waals surface area contributed by atoms with E-state index in [0.29, 0.717) is 11.4 Å². The van der Waals surface area contributed by atoms with Gasteiger partial charge in [0.15, 0.2) is 0 Å². The molecule has 2 rings (SSSR count). The minimum atomic E-state index is -4.39. The lowest BCUT2D eigenvalue weighted by molar-refractivity contribution is -0.138. The number of nitrogens with zero attached hydrogens (tertiary/aromatic N) is 3. The number of rotatable bonds is 2. The van der Waals surface area contributed by atoms with E-state index >= 15 is 0 Å². The van der Waals surface area contributed by atoms with E-state index in [1.807, 2.05) is 0 Å². The Labute approximate surface area is 106 Å². The van der Waals surface area contributed by atoms with Gasteiger partial charge in [-0.3, -0.25) is 0 Å². The number of hydrogen-bond acceptors (Lipinski definition) is 2. The largest absolute Gasteiger partial charge is 0.416 e. The highest BCUT2D eigenvalue weighted by molar-refractivity contribution is 6.16. The summed E-state index contributed by atoms with van der Waals surface area (Å²) in [6.45, 7) is 1.41. The molecule has 96 valence electrons. The van der Waals surface area contributed by atoms with Crippen LogP contribution in [-0.2, 0) is 12.1 Å². The van der Waals surface area contributed by atoms with Crippen molar-refractivity contribution in [3.8, 4) is 5.69 Å². The van der Waals surface area contributed by atoms with Gasteiger partial charge in [-0.25, -0.2) is 4.68 Å². The predicted molar refractivity (Wildman–Crippen MR) is 60.7 cm³/mol. The molecule has 0 N–H and O–H groups in total. The van der Waals surface area contributed by atoms with Crippen LogP contribution < -0.4 is 0 Å². The van der Waals surface area contributed by atoms with E-state index in [2.05, 4.69) is 10.3 Å². The summed E-state index contributed by atoms with van der Waals surface area (Å²) in [5.41, 5.74) is 0.310. The summed E-state index contributed by atoms with van der Waals surface area (Å²) < 4.78 is 39.6. The SMILES string of the molecule is Cc1ccc(-n2nncc2CCl)cc1C(F)(F)F. The van der Waals surface area contributed by atoms with Gasteiger partial charge in [-0.1, -0.05) is 11.3 Å². The molecule has 0 atom stereocenters. The Morgan fingerprint density at radius 3 is 2.67 bits per heavy atom. The van der Waals surface area contributed by atoms with E-state index in [-0.39, 0.29) is 11.4 Å². The van der Waals surface area contributed by atoms with Gasteiger partial charge in [0.1, 0.15) is 0 Å². The summed E-state index contributed by atoms with van der Waals surface area (Å²) in [5, 5.41) is 7.36. The number of halogens is 4. The lowest BCUT2D eigenvalue weighted by atomic mass is 10.1. The molecule has 0 spiro atoms. The van der Waals surface area contributed by atoms with Crippen molar-refractivity contribution in [2.45, 2.75) is 19.0 Å². The van der Waals surface area contributed by atoms with E-state index < -0.39 is 11.7 Å². The second kappa shape index (κ2) is 4.61. The monoisotopic (exact) mass is 275 g/mol. The molecule has 3 nitrogen and oxygen atoms in total. The highest BCUT2D eigenvalue weighted by Gasteiger charge is 2.32. The molecule has 0 unspecified atom stereocenters. The maximum atomic E-state index is 12.8. The first kappa shape index (κ1) is 12.9. The average molecular weight is 276 g/mol. The minimum Gasteiger partial charge on any atom is -0.216 e. The fraction of sp³-hybridized carbons (Fsp3) is 0.273. The molecule has 7 heteroatoms. The number of aryl methyl sites for hydroxylation is 1. The first-order chi connectivity index (χ1) is 8.43. The maximum Gasteiger partial charge on any atom is 0.416 e. The fourth-order valence-corrected chi connectivity index (χ4v) is 1.79. The Kier molecular flexibility index (Phi) is 3.30. The highest BCUT2D eigenvalue weighted by Crippen LogP contribution is 2.33. The van der Waals surface area contributed by atoms with Crippen molar-refractivity contribution in [1.29, 1.82) is 0 Å². The zero-order valence-electron chi connectivity index (χ0n) is 9.37. The Morgan fingerprint density at radius 1 is 1.33 bits per heavy atom. The van der Waals surface area contributed by atoms with Crippen LogP contribution in [0.4, 0.5) is 13.2 Å². The van der Waals surface area contributed by atoms with Crippen molar-refractivity contribution in [2.24, 2.45) is 0 Å². The molecule has 0 aliphatic rings. The molecular formula is C11H9ClF3N3. The lowest BCUT2D eigenvalue weighted by Gasteiger charge is -2.12. The molecule has 1 aromatic heterocycles. The number of aromatic nitrogens is 3. The van der Waals surface area contributed by atoms with E-state index in [0.717, 1.165) is 6.07 Å². The first-order valence-electron chi connectivity index (χ1n) is 5.07. The van der Waals surface area contributed by atoms with E-state index in [1.165, 1.54) is 23.9 Å². The quantitative estimate of drug-likeness (QED) is 0.787. The molecule has 0 aliphatic carbocycles. The van der Waals surface area contributed by atoms with E-state index in [9.17, 15) is 13.2 Å². The van der Waals surface area contributed by atoms with Crippen LogP contribution in [0, 0.1) is 6.92 Å². The van der Waals surface area contributed by atoms with Crippen molar-refractivity contribution in [3.63, 3.8) is 0 Å². The van der Waals surface area contributed by atoms with Crippen LogP contribution in [0.3, 0.4) is 0 Å². The van der Waals surface area contributed by atoms with Gasteiger partial charge in [0.25, 0.3) is 0 Å². The smallest absolute Gasteiger partial charge is 0.216 e. The maximum absolute atomic E-state index is 12.8. The summed E-state index contributed by atoms with van der Waals surface area (Å²) >= 11 is 5.66. The zero-order chi connectivity index (χ0) is 13.3. The van der Waals surface area contributed by atoms with Crippen LogP contribution in [0.2, 0.25) is 0 Å². The van der Waals surface area contributed by atoms with Gasteiger partial charge in [0.05, 0.1) is 29.0 Å². The molecular weight excluding hydrogens is 267 g/mol. The van der Waals surface area contributed by atoms with Crippen molar-refractivity contribution in [2.75, 3.05) is 0 Å². The molecule has 0 saturated carbocycles. The Morgan fingerprint density at radius 2 is 2.06 bits per heavy atom. The normalized spacial score (nSPS) is 11.8. The third-order valence-corrected chi connectivity index (χ3v) is 2.80. The molecule has 1 aromatic carbocycles. The number of benzene rings is 1. The molecule has 18 heavy (non-hydrogen) atoms. The van der Waals surface area contributed by atoms with Crippen LogP contribution in [0.25, 0.3) is 5.69 Å². The second-order valence-corrected chi connectivity index (χ2v) is 4.04. The standard InChI is InChI=1S/C11H9ClF3N3/c1-7-2-3-8(4-10(7)11(13,14)15)18-9(5-12)6-16-17-18/h2-4,6H,5H2,1H3. The summed E-state index contributed by atoms with van der Waals surface area (Å²) in [5.74, 6) is 0.127. The predicted octanol–water partition coefficient (Wildman–Crippen LogP) is 3.33. The highest BCUT2D eigenvalue weighted by atomic mass is 35.5. The first-order valence-corrected chi connectivity index (χ1v) is 5.60. The van der Waals surface area contributed by atoms with Gasteiger partial charge >= 0.3 is 6.18 Å². The summed E-state index contributed by atoms with van der Waals surface area (Å²) in [7, 11) is 0. The van der Waals surface area contributed by atoms with Crippen molar-refractivity contribution in [1.82, 2.24) is 15.0 Å². The fourth-order valence-electron chi connectivity index (χ4n) is 1.61. The van der Waals surface area contributed by atoms with Crippen molar-refractivity contribution < 1.29 is 13.2 Å². The lowest BCUT2D eigenvalue weighted by Crippen LogP contribution is -2.10. The van der Waals surface area contributed by atoms with E-state index in [1.54, 1.807) is 6.07 Å². The third-order valence-electron chi connectivity index (χ3n) is 2.53. The molecule has 0 amide bonds. The molecule has 0 radical (unpaired) electrons. The molecule has 0 aliphatic heterocycles. The molecule has 0 fully saturated rings. The third kappa shape index (κ3) is 2.33. The number of alkyl halides is 4. The van der Waals surface area contributed by atoms with Crippen LogP contribution in [0.5, 0.6) is 0 Å². The van der Waals surface area contributed by atoms with Crippen molar-refractivity contribution in [3.05, 3.63) is 41.2 Å². The van der Waals surface area contributed by atoms with Gasteiger partial charge in [-0.05, 0) is 24.6 Å².